The fourth-order valence-corrected chi connectivity index (χ4v) is 2.99. The van der Waals surface area contributed by atoms with Crippen molar-refractivity contribution in [2.45, 2.75) is 11.3 Å². The highest BCUT2D eigenvalue weighted by Gasteiger charge is 2.24. The Hall–Kier alpha value is -0.500. The number of benzene rings is 1. The summed E-state index contributed by atoms with van der Waals surface area (Å²) in [4.78, 5) is -0.314. The molecule has 7 heteroatoms. The first-order chi connectivity index (χ1) is 8.39. The van der Waals surface area contributed by atoms with Gasteiger partial charge in [0.15, 0.2) is 0 Å². The van der Waals surface area contributed by atoms with E-state index in [2.05, 4.69) is 15.9 Å². The van der Waals surface area contributed by atoms with Crippen LogP contribution in [0.25, 0.3) is 0 Å². The summed E-state index contributed by atoms with van der Waals surface area (Å²) in [6.45, 7) is 0.744. The molecule has 0 radical (unpaired) electrons. The Bertz CT molecular complexity index is 507. The minimum absolute atomic E-state index is 0.283. The van der Waals surface area contributed by atoms with Gasteiger partial charge < -0.3 is 4.74 Å². The van der Waals surface area contributed by atoms with Crippen LogP contribution in [0.2, 0.25) is 0 Å². The van der Waals surface area contributed by atoms with Gasteiger partial charge in [0.2, 0.25) is 10.0 Å². The molecule has 0 bridgehead atoms. The number of nitrogens with zero attached hydrogens (tertiary/aromatic N) is 1. The Kier molecular flexibility index (Phi) is 5.71. The summed E-state index contributed by atoms with van der Waals surface area (Å²) in [5.41, 5.74) is 0. The normalized spacial score (nSPS) is 12.1. The highest BCUT2D eigenvalue weighted by molar-refractivity contribution is 9.10. The first-order valence-electron chi connectivity index (χ1n) is 5.30. The lowest BCUT2D eigenvalue weighted by Gasteiger charge is -2.17. The first-order valence-corrected chi connectivity index (χ1v) is 7.53. The zero-order chi connectivity index (χ0) is 13.8. The zero-order valence-electron chi connectivity index (χ0n) is 10.2. The summed E-state index contributed by atoms with van der Waals surface area (Å²) in [5.74, 6) is -0.761. The van der Waals surface area contributed by atoms with Gasteiger partial charge in [0.25, 0.3) is 0 Å². The number of methoxy groups -OCH3 is 1. The van der Waals surface area contributed by atoms with Crippen LogP contribution in [-0.4, -0.2) is 40.0 Å². The lowest BCUT2D eigenvalue weighted by molar-refractivity contribution is 0.189. The van der Waals surface area contributed by atoms with Gasteiger partial charge in [-0.15, -0.1) is 0 Å². The summed E-state index contributed by atoms with van der Waals surface area (Å²) >= 11 is 3.09. The smallest absolute Gasteiger partial charge is 0.245 e. The van der Waals surface area contributed by atoms with Gasteiger partial charge in [-0.05, 0) is 24.6 Å². The first kappa shape index (κ1) is 15.6. The molecule has 1 aromatic rings. The summed E-state index contributed by atoms with van der Waals surface area (Å²) in [5, 5.41) is 0. The second kappa shape index (κ2) is 6.60. The van der Waals surface area contributed by atoms with Crippen LogP contribution in [-0.2, 0) is 14.8 Å². The van der Waals surface area contributed by atoms with Crippen molar-refractivity contribution in [2.24, 2.45) is 0 Å². The van der Waals surface area contributed by atoms with E-state index in [0.717, 1.165) is 10.4 Å². The Morgan fingerprint density at radius 2 is 2.11 bits per heavy atom. The Morgan fingerprint density at radius 1 is 1.44 bits per heavy atom. The number of sulfonamides is 1. The molecule has 0 unspecified atom stereocenters. The van der Waals surface area contributed by atoms with Gasteiger partial charge in [-0.3, -0.25) is 0 Å². The van der Waals surface area contributed by atoms with Crippen molar-refractivity contribution in [1.29, 1.82) is 0 Å². The molecule has 102 valence electrons. The summed E-state index contributed by atoms with van der Waals surface area (Å²) in [6, 6.07) is 3.89. The molecule has 4 nitrogen and oxygen atoms in total. The van der Waals surface area contributed by atoms with Gasteiger partial charge >= 0.3 is 0 Å². The quantitative estimate of drug-likeness (QED) is 0.747. The van der Waals surface area contributed by atoms with Crippen molar-refractivity contribution in [3.63, 3.8) is 0 Å². The van der Waals surface area contributed by atoms with Crippen molar-refractivity contribution in [2.75, 3.05) is 27.3 Å². The largest absolute Gasteiger partial charge is 0.385 e. The third-order valence-electron chi connectivity index (χ3n) is 2.40. The summed E-state index contributed by atoms with van der Waals surface area (Å²) in [7, 11) is -0.817. The second-order valence-electron chi connectivity index (χ2n) is 3.75. The van der Waals surface area contributed by atoms with Gasteiger partial charge in [-0.25, -0.2) is 17.1 Å². The van der Waals surface area contributed by atoms with Crippen LogP contribution >= 0.6 is 15.9 Å². The predicted octanol–water partition coefficient (Wildman–Crippen LogP) is 2.25. The number of ether oxygens (including phenoxy) is 1. The van der Waals surface area contributed by atoms with Gasteiger partial charge in [-0.1, -0.05) is 15.9 Å². The second-order valence-corrected chi connectivity index (χ2v) is 6.68. The predicted molar refractivity (Wildman–Crippen MR) is 70.4 cm³/mol. The van der Waals surface area contributed by atoms with Gasteiger partial charge in [-0.2, -0.15) is 0 Å². The van der Waals surface area contributed by atoms with Gasteiger partial charge in [0.1, 0.15) is 10.7 Å². The van der Waals surface area contributed by atoms with Gasteiger partial charge in [0.05, 0.1) is 0 Å². The molecule has 18 heavy (non-hydrogen) atoms. The van der Waals surface area contributed by atoms with Crippen LogP contribution in [0.15, 0.2) is 27.6 Å². The van der Waals surface area contributed by atoms with Crippen molar-refractivity contribution in [3.05, 3.63) is 28.5 Å². The maximum Gasteiger partial charge on any atom is 0.245 e. The average molecular weight is 340 g/mol. The van der Waals surface area contributed by atoms with Crippen LogP contribution < -0.4 is 0 Å². The maximum absolute atomic E-state index is 13.6. The standard InChI is InChI=1S/C11H15BrFNO3S/c1-14(6-3-7-17-2)18(15,16)11-5-4-9(12)8-10(11)13/h4-5,8H,3,6-7H2,1-2H3. The van der Waals surface area contributed by atoms with E-state index in [1.807, 2.05) is 0 Å². The van der Waals surface area contributed by atoms with Crippen LogP contribution in [0.4, 0.5) is 4.39 Å². The van der Waals surface area contributed by atoms with E-state index in [1.54, 1.807) is 7.11 Å². The van der Waals surface area contributed by atoms with Gasteiger partial charge in [0, 0.05) is 31.8 Å². The Morgan fingerprint density at radius 3 is 2.67 bits per heavy atom. The van der Waals surface area contributed by atoms with Crippen molar-refractivity contribution in [3.8, 4) is 0 Å². The van der Waals surface area contributed by atoms with Crippen molar-refractivity contribution < 1.29 is 17.5 Å². The number of hydrogen-bond acceptors (Lipinski definition) is 3. The SMILES string of the molecule is COCCCN(C)S(=O)(=O)c1ccc(Br)cc1F. The molecular formula is C11H15BrFNO3S. The highest BCUT2D eigenvalue weighted by Crippen LogP contribution is 2.22. The molecule has 0 N–H and O–H groups in total. The molecule has 0 fully saturated rings. The Labute approximate surface area is 115 Å². The summed E-state index contributed by atoms with van der Waals surface area (Å²) < 4.78 is 44.3. The molecule has 0 aromatic heterocycles. The molecule has 0 heterocycles. The lowest BCUT2D eigenvalue weighted by Crippen LogP contribution is -2.29. The van der Waals surface area contributed by atoms with Crippen LogP contribution in [0, 0.1) is 5.82 Å². The Balaban J connectivity index is 2.91. The molecule has 1 aromatic carbocycles. The van der Waals surface area contributed by atoms with E-state index in [9.17, 15) is 12.8 Å². The molecule has 0 aliphatic carbocycles. The minimum Gasteiger partial charge on any atom is -0.385 e. The van der Waals surface area contributed by atoms with E-state index >= 15 is 0 Å². The monoisotopic (exact) mass is 339 g/mol. The minimum atomic E-state index is -3.78. The molecule has 0 saturated carbocycles. The summed E-state index contributed by atoms with van der Waals surface area (Å²) in [6.07, 6.45) is 0.560. The van der Waals surface area contributed by atoms with Crippen molar-refractivity contribution in [1.82, 2.24) is 4.31 Å². The molecular weight excluding hydrogens is 325 g/mol. The fraction of sp³-hybridized carbons (Fsp3) is 0.455. The van der Waals surface area contributed by atoms with E-state index in [0.29, 0.717) is 17.5 Å². The third-order valence-corrected chi connectivity index (χ3v) is 4.79. The molecule has 0 aliphatic rings. The molecule has 1 rings (SSSR count). The molecule has 0 saturated heterocycles. The van der Waals surface area contributed by atoms with E-state index < -0.39 is 15.8 Å². The molecule has 0 aliphatic heterocycles. The fourth-order valence-electron chi connectivity index (χ4n) is 1.40. The zero-order valence-corrected chi connectivity index (χ0v) is 12.6. The average Bonchev–Trinajstić information content (AvgIpc) is 2.28. The van der Waals surface area contributed by atoms with Crippen LogP contribution in [0.1, 0.15) is 6.42 Å². The lowest BCUT2D eigenvalue weighted by atomic mass is 10.3. The molecule has 0 amide bonds. The maximum atomic E-state index is 13.6. The number of hydrogen-bond donors (Lipinski definition) is 0. The van der Waals surface area contributed by atoms with Crippen LogP contribution in [0.3, 0.4) is 0 Å². The molecule has 0 atom stereocenters. The van der Waals surface area contributed by atoms with E-state index in [-0.39, 0.29) is 11.4 Å². The molecule has 0 spiro atoms. The number of halogens is 2. The topological polar surface area (TPSA) is 46.6 Å². The highest BCUT2D eigenvalue weighted by atomic mass is 79.9. The third kappa shape index (κ3) is 3.74. The van der Waals surface area contributed by atoms with Crippen molar-refractivity contribution >= 4 is 26.0 Å². The number of rotatable bonds is 6. The van der Waals surface area contributed by atoms with E-state index in [4.69, 9.17) is 4.74 Å². The van der Waals surface area contributed by atoms with E-state index in [1.165, 1.54) is 19.2 Å². The van der Waals surface area contributed by atoms with Crippen LogP contribution in [0.5, 0.6) is 0 Å².